The predicted molar refractivity (Wildman–Crippen MR) is 161 cm³/mol. The first-order valence-corrected chi connectivity index (χ1v) is 15.3. The third-order valence-corrected chi connectivity index (χ3v) is 9.08. The number of aryl methyl sites for hydroxylation is 2. The van der Waals surface area contributed by atoms with Gasteiger partial charge < -0.3 is 10.2 Å². The van der Waals surface area contributed by atoms with E-state index in [9.17, 15) is 18.0 Å². The number of carbonyl (C=O) groups is 2. The lowest BCUT2D eigenvalue weighted by molar-refractivity contribution is -0.140. The van der Waals surface area contributed by atoms with Crippen LogP contribution < -0.4 is 9.62 Å². The second kappa shape index (κ2) is 13.8. The number of halogens is 1. The highest BCUT2D eigenvalue weighted by Crippen LogP contribution is 2.28. The number of carbonyl (C=O) groups excluding carboxylic acids is 2. The van der Waals surface area contributed by atoms with E-state index in [4.69, 9.17) is 11.6 Å². The van der Waals surface area contributed by atoms with Crippen LogP contribution in [0.25, 0.3) is 0 Å². The van der Waals surface area contributed by atoms with Crippen molar-refractivity contribution in [2.45, 2.75) is 71.0 Å². The second-order valence-corrected chi connectivity index (χ2v) is 12.2. The molecule has 1 N–H and O–H groups in total. The second-order valence-electron chi connectivity index (χ2n) is 9.94. The third kappa shape index (κ3) is 7.43. The average Bonchev–Trinajstić information content (AvgIpc) is 2.93. The van der Waals surface area contributed by atoms with E-state index in [0.29, 0.717) is 22.7 Å². The molecule has 3 rings (SSSR count). The fourth-order valence-corrected chi connectivity index (χ4v) is 6.03. The Kier molecular flexibility index (Phi) is 10.8. The Morgan fingerprint density at radius 2 is 1.48 bits per heavy atom. The molecule has 40 heavy (non-hydrogen) atoms. The van der Waals surface area contributed by atoms with Gasteiger partial charge in [0.15, 0.2) is 0 Å². The SMILES string of the molecule is CC[C@@H](C)NC(=O)[C@H](CC)N(Cc1ccccc1C)C(=O)CN(c1ccccc1C)S(=O)(=O)c1ccc(Cl)cc1. The first kappa shape index (κ1) is 31.2. The molecule has 3 aromatic carbocycles. The topological polar surface area (TPSA) is 86.8 Å². The molecule has 2 atom stereocenters. The van der Waals surface area contributed by atoms with Gasteiger partial charge in [-0.2, -0.15) is 0 Å². The summed E-state index contributed by atoms with van der Waals surface area (Å²) >= 11 is 6.02. The van der Waals surface area contributed by atoms with Crippen LogP contribution in [0.2, 0.25) is 5.02 Å². The van der Waals surface area contributed by atoms with E-state index in [-0.39, 0.29) is 23.4 Å². The third-order valence-electron chi connectivity index (χ3n) is 7.05. The lowest BCUT2D eigenvalue weighted by Gasteiger charge is -2.34. The number of rotatable bonds is 12. The van der Waals surface area contributed by atoms with Crippen molar-refractivity contribution in [2.75, 3.05) is 10.8 Å². The molecule has 7 nitrogen and oxygen atoms in total. The zero-order valence-electron chi connectivity index (χ0n) is 23.7. The fourth-order valence-electron chi connectivity index (χ4n) is 4.42. The van der Waals surface area contributed by atoms with E-state index in [0.717, 1.165) is 21.9 Å². The van der Waals surface area contributed by atoms with Crippen molar-refractivity contribution in [3.63, 3.8) is 0 Å². The molecule has 0 bridgehead atoms. The summed E-state index contributed by atoms with van der Waals surface area (Å²) in [4.78, 5) is 29.1. The van der Waals surface area contributed by atoms with Crippen LogP contribution in [-0.2, 0) is 26.2 Å². The lowest BCUT2D eigenvalue weighted by atomic mass is 10.1. The number of sulfonamides is 1. The van der Waals surface area contributed by atoms with E-state index >= 15 is 0 Å². The number of hydrogen-bond donors (Lipinski definition) is 1. The van der Waals surface area contributed by atoms with Crippen molar-refractivity contribution >= 4 is 39.1 Å². The fraction of sp³-hybridized carbons (Fsp3) is 0.355. The maximum Gasteiger partial charge on any atom is 0.264 e. The summed E-state index contributed by atoms with van der Waals surface area (Å²) in [7, 11) is -4.15. The van der Waals surface area contributed by atoms with Crippen molar-refractivity contribution in [1.29, 1.82) is 0 Å². The van der Waals surface area contributed by atoms with Gasteiger partial charge in [0.05, 0.1) is 10.6 Å². The molecule has 3 aromatic rings. The Morgan fingerprint density at radius 3 is 2.05 bits per heavy atom. The zero-order chi connectivity index (χ0) is 29.4. The van der Waals surface area contributed by atoms with Crippen molar-refractivity contribution in [2.24, 2.45) is 0 Å². The summed E-state index contributed by atoms with van der Waals surface area (Å²) in [5.74, 6) is -0.739. The van der Waals surface area contributed by atoms with E-state index < -0.39 is 28.5 Å². The molecule has 0 aliphatic rings. The summed E-state index contributed by atoms with van der Waals surface area (Å²) in [6.45, 7) is 9.17. The van der Waals surface area contributed by atoms with Crippen LogP contribution >= 0.6 is 11.6 Å². The van der Waals surface area contributed by atoms with Gasteiger partial charge in [-0.3, -0.25) is 13.9 Å². The van der Waals surface area contributed by atoms with Gasteiger partial charge in [-0.1, -0.05) is 67.9 Å². The molecule has 0 unspecified atom stereocenters. The lowest BCUT2D eigenvalue weighted by Crippen LogP contribution is -2.53. The summed E-state index contributed by atoms with van der Waals surface area (Å²) in [6, 6.07) is 19.7. The van der Waals surface area contributed by atoms with Gasteiger partial charge in [-0.15, -0.1) is 0 Å². The van der Waals surface area contributed by atoms with Crippen molar-refractivity contribution < 1.29 is 18.0 Å². The number of benzene rings is 3. The molecule has 0 heterocycles. The van der Waals surface area contributed by atoms with E-state index in [1.54, 1.807) is 25.1 Å². The normalized spacial score (nSPS) is 12.8. The molecule has 0 saturated heterocycles. The summed E-state index contributed by atoms with van der Waals surface area (Å²) in [5, 5.41) is 3.40. The maximum atomic E-state index is 14.2. The van der Waals surface area contributed by atoms with Gasteiger partial charge >= 0.3 is 0 Å². The highest BCUT2D eigenvalue weighted by atomic mass is 35.5. The van der Waals surface area contributed by atoms with Crippen molar-refractivity contribution in [3.05, 3.63) is 94.5 Å². The summed E-state index contributed by atoms with van der Waals surface area (Å²) in [5.41, 5.74) is 2.94. The van der Waals surface area contributed by atoms with Crippen LogP contribution in [0.15, 0.2) is 77.7 Å². The highest BCUT2D eigenvalue weighted by Gasteiger charge is 2.34. The van der Waals surface area contributed by atoms with E-state index in [2.05, 4.69) is 5.32 Å². The Morgan fingerprint density at radius 1 is 0.875 bits per heavy atom. The minimum atomic E-state index is -4.15. The zero-order valence-corrected chi connectivity index (χ0v) is 25.3. The quantitative estimate of drug-likeness (QED) is 0.289. The largest absolute Gasteiger partial charge is 0.352 e. The monoisotopic (exact) mass is 583 g/mol. The molecule has 0 fully saturated rings. The molecule has 0 saturated carbocycles. The minimum Gasteiger partial charge on any atom is -0.352 e. The molecular weight excluding hydrogens is 546 g/mol. The minimum absolute atomic E-state index is 0.0139. The van der Waals surface area contributed by atoms with Crippen molar-refractivity contribution in [3.8, 4) is 0 Å². The van der Waals surface area contributed by atoms with Crippen LogP contribution in [0.4, 0.5) is 5.69 Å². The number of nitrogens with one attached hydrogen (secondary N) is 1. The predicted octanol–water partition coefficient (Wildman–Crippen LogP) is 5.87. The molecule has 0 aliphatic carbocycles. The van der Waals surface area contributed by atoms with Crippen LogP contribution in [0.5, 0.6) is 0 Å². The standard InChI is InChI=1S/C31H38ClN3O4S/c1-6-24(5)33-31(37)28(7-2)34(20-25-14-10-8-12-22(25)3)30(36)21-35(29-15-11-9-13-23(29)4)40(38,39)27-18-16-26(32)17-19-27/h8-19,24,28H,6-7,20-21H2,1-5H3,(H,33,37)/t24-,28+/m1/s1. The first-order valence-electron chi connectivity index (χ1n) is 13.5. The number of hydrogen-bond acceptors (Lipinski definition) is 4. The summed E-state index contributed by atoms with van der Waals surface area (Å²) in [6.07, 6.45) is 1.11. The van der Waals surface area contributed by atoms with E-state index in [1.807, 2.05) is 58.0 Å². The van der Waals surface area contributed by atoms with Gasteiger partial charge in [-0.25, -0.2) is 8.42 Å². The molecule has 9 heteroatoms. The molecule has 0 radical (unpaired) electrons. The Labute approximate surface area is 243 Å². The molecule has 0 spiro atoms. The van der Waals surface area contributed by atoms with Gasteiger partial charge in [0, 0.05) is 17.6 Å². The number of amides is 2. The molecule has 2 amide bonds. The van der Waals surface area contributed by atoms with Gasteiger partial charge in [0.2, 0.25) is 11.8 Å². The molecule has 0 aliphatic heterocycles. The number of nitrogens with zero attached hydrogens (tertiary/aromatic N) is 2. The van der Waals surface area contributed by atoms with Crippen LogP contribution in [0, 0.1) is 13.8 Å². The summed E-state index contributed by atoms with van der Waals surface area (Å²) < 4.78 is 29.0. The van der Waals surface area contributed by atoms with Gasteiger partial charge in [0.1, 0.15) is 12.6 Å². The van der Waals surface area contributed by atoms with Crippen LogP contribution in [-0.4, -0.2) is 43.8 Å². The number of anilines is 1. The average molecular weight is 584 g/mol. The van der Waals surface area contributed by atoms with E-state index in [1.165, 1.54) is 29.2 Å². The first-order chi connectivity index (χ1) is 19.0. The van der Waals surface area contributed by atoms with Crippen LogP contribution in [0.3, 0.4) is 0 Å². The Balaban J connectivity index is 2.08. The molecular formula is C31H38ClN3O4S. The van der Waals surface area contributed by atoms with Gasteiger partial charge in [0.25, 0.3) is 10.0 Å². The highest BCUT2D eigenvalue weighted by molar-refractivity contribution is 7.92. The van der Waals surface area contributed by atoms with Gasteiger partial charge in [-0.05, 0) is 80.6 Å². The maximum absolute atomic E-state index is 14.2. The van der Waals surface area contributed by atoms with Crippen LogP contribution in [0.1, 0.15) is 50.3 Å². The number of para-hydroxylation sites is 1. The van der Waals surface area contributed by atoms with Crippen molar-refractivity contribution in [1.82, 2.24) is 10.2 Å². The molecule has 0 aromatic heterocycles. The smallest absolute Gasteiger partial charge is 0.264 e. The molecule has 214 valence electrons. The Hall–Kier alpha value is -3.36. The Bertz CT molecular complexity index is 1430.